The van der Waals surface area contributed by atoms with Crippen LogP contribution in [0.4, 0.5) is 5.69 Å². The molecule has 20 heavy (non-hydrogen) atoms. The number of piperazine rings is 1. The smallest absolute Gasteiger partial charge is 0.341 e. The summed E-state index contributed by atoms with van der Waals surface area (Å²) in [6.45, 7) is 3.73. The molecule has 0 aliphatic carbocycles. The van der Waals surface area contributed by atoms with Gasteiger partial charge in [0.05, 0.1) is 5.52 Å². The molecular formula is C14H15N3O3. The van der Waals surface area contributed by atoms with Crippen molar-refractivity contribution >= 4 is 17.2 Å². The monoisotopic (exact) mass is 273 g/mol. The van der Waals surface area contributed by atoms with Gasteiger partial charge in [0.25, 0.3) is 5.56 Å². The van der Waals surface area contributed by atoms with Crippen molar-refractivity contribution in [1.82, 2.24) is 9.72 Å². The normalized spacial score (nSPS) is 15.5. The van der Waals surface area contributed by atoms with Crippen LogP contribution in [0.15, 0.2) is 35.3 Å². The molecule has 0 amide bonds. The van der Waals surface area contributed by atoms with Crippen LogP contribution in [0.2, 0.25) is 0 Å². The molecule has 2 aromatic rings. The summed E-state index contributed by atoms with van der Waals surface area (Å²) in [7, 11) is 0. The Balaban J connectivity index is 2.06. The second-order valence-corrected chi connectivity index (χ2v) is 4.77. The van der Waals surface area contributed by atoms with E-state index < -0.39 is 11.5 Å². The number of aromatic nitrogens is 1. The first-order valence-corrected chi connectivity index (χ1v) is 6.51. The average Bonchev–Trinajstić information content (AvgIpc) is 2.48. The second-order valence-electron chi connectivity index (χ2n) is 4.77. The summed E-state index contributed by atoms with van der Waals surface area (Å²) < 4.78 is 1.37. The Morgan fingerprint density at radius 2 is 1.95 bits per heavy atom. The zero-order valence-corrected chi connectivity index (χ0v) is 10.9. The molecule has 0 atom stereocenters. The maximum absolute atomic E-state index is 12.0. The lowest BCUT2D eigenvalue weighted by Crippen LogP contribution is -2.43. The summed E-state index contributed by atoms with van der Waals surface area (Å²) in [6.07, 6.45) is 1.64. The van der Waals surface area contributed by atoms with E-state index in [1.165, 1.54) is 10.5 Å². The van der Waals surface area contributed by atoms with Gasteiger partial charge >= 0.3 is 5.97 Å². The van der Waals surface area contributed by atoms with Crippen LogP contribution in [-0.4, -0.2) is 41.7 Å². The van der Waals surface area contributed by atoms with E-state index in [0.29, 0.717) is 5.52 Å². The van der Waals surface area contributed by atoms with Gasteiger partial charge in [-0.3, -0.25) is 9.20 Å². The number of anilines is 1. The molecule has 0 spiro atoms. The minimum absolute atomic E-state index is 0.211. The standard InChI is InChI=1S/C14H15N3O3/c18-13-12(14(19)20)2-1-11-9-10(3-6-17(11)13)16-7-4-15-5-8-16/h1-3,6,9,15H,4-5,7-8H2,(H,19,20). The van der Waals surface area contributed by atoms with E-state index in [9.17, 15) is 9.59 Å². The number of carboxylic acid groups (broad SMARTS) is 1. The number of nitrogens with one attached hydrogen (secondary N) is 1. The molecular weight excluding hydrogens is 258 g/mol. The first-order valence-electron chi connectivity index (χ1n) is 6.51. The Bertz CT molecular complexity index is 717. The third-order valence-corrected chi connectivity index (χ3v) is 3.55. The van der Waals surface area contributed by atoms with Gasteiger partial charge in [-0.2, -0.15) is 0 Å². The van der Waals surface area contributed by atoms with E-state index in [4.69, 9.17) is 5.11 Å². The van der Waals surface area contributed by atoms with Crippen molar-refractivity contribution in [3.63, 3.8) is 0 Å². The van der Waals surface area contributed by atoms with E-state index >= 15 is 0 Å². The first kappa shape index (κ1) is 12.7. The van der Waals surface area contributed by atoms with Crippen molar-refractivity contribution in [2.75, 3.05) is 31.1 Å². The van der Waals surface area contributed by atoms with Crippen LogP contribution < -0.4 is 15.8 Å². The van der Waals surface area contributed by atoms with E-state index in [1.807, 2.05) is 12.1 Å². The number of hydrogen-bond donors (Lipinski definition) is 2. The molecule has 2 N–H and O–H groups in total. The van der Waals surface area contributed by atoms with Crippen LogP contribution in [0, 0.1) is 0 Å². The Hall–Kier alpha value is -2.34. The number of carboxylic acids is 1. The molecule has 0 aromatic carbocycles. The van der Waals surface area contributed by atoms with Crippen molar-refractivity contribution in [1.29, 1.82) is 0 Å². The number of carbonyl (C=O) groups is 1. The summed E-state index contributed by atoms with van der Waals surface area (Å²) in [5.41, 5.74) is 1.05. The largest absolute Gasteiger partial charge is 0.477 e. The van der Waals surface area contributed by atoms with Crippen LogP contribution in [0.5, 0.6) is 0 Å². The van der Waals surface area contributed by atoms with Crippen LogP contribution in [0.25, 0.3) is 5.52 Å². The molecule has 0 radical (unpaired) electrons. The summed E-state index contributed by atoms with van der Waals surface area (Å²) in [5, 5.41) is 12.2. The number of rotatable bonds is 2. The molecule has 0 bridgehead atoms. The minimum atomic E-state index is -1.20. The number of nitrogens with zero attached hydrogens (tertiary/aromatic N) is 2. The number of hydrogen-bond acceptors (Lipinski definition) is 4. The van der Waals surface area contributed by atoms with E-state index in [-0.39, 0.29) is 5.56 Å². The molecule has 1 saturated heterocycles. The number of pyridine rings is 2. The predicted molar refractivity (Wildman–Crippen MR) is 75.7 cm³/mol. The Morgan fingerprint density at radius 3 is 2.65 bits per heavy atom. The van der Waals surface area contributed by atoms with Gasteiger partial charge in [0, 0.05) is 38.1 Å². The van der Waals surface area contributed by atoms with Crippen LogP contribution >= 0.6 is 0 Å². The van der Waals surface area contributed by atoms with Crippen LogP contribution in [0.1, 0.15) is 10.4 Å². The highest BCUT2D eigenvalue weighted by atomic mass is 16.4. The maximum Gasteiger partial charge on any atom is 0.341 e. The average molecular weight is 273 g/mol. The van der Waals surface area contributed by atoms with Gasteiger partial charge in [-0.15, -0.1) is 0 Å². The molecule has 104 valence electrons. The fourth-order valence-electron chi connectivity index (χ4n) is 2.47. The number of aromatic carboxylic acids is 1. The Morgan fingerprint density at radius 1 is 1.20 bits per heavy atom. The van der Waals surface area contributed by atoms with Crippen molar-refractivity contribution in [3.8, 4) is 0 Å². The molecule has 3 heterocycles. The molecule has 3 rings (SSSR count). The topological polar surface area (TPSA) is 74.1 Å². The van der Waals surface area contributed by atoms with Crippen molar-refractivity contribution in [2.45, 2.75) is 0 Å². The van der Waals surface area contributed by atoms with E-state index in [1.54, 1.807) is 12.3 Å². The highest BCUT2D eigenvalue weighted by molar-refractivity contribution is 5.87. The zero-order valence-electron chi connectivity index (χ0n) is 10.9. The molecule has 1 fully saturated rings. The SMILES string of the molecule is O=C(O)c1ccc2cc(N3CCNCC3)ccn2c1=O. The third kappa shape index (κ3) is 2.14. The summed E-state index contributed by atoms with van der Waals surface area (Å²) in [4.78, 5) is 25.2. The van der Waals surface area contributed by atoms with E-state index in [2.05, 4.69) is 10.2 Å². The molecule has 2 aromatic heterocycles. The molecule has 6 nitrogen and oxygen atoms in total. The summed E-state index contributed by atoms with van der Waals surface area (Å²) in [6, 6.07) is 6.79. The first-order chi connectivity index (χ1) is 9.66. The van der Waals surface area contributed by atoms with Crippen LogP contribution in [-0.2, 0) is 0 Å². The van der Waals surface area contributed by atoms with Gasteiger partial charge in [-0.1, -0.05) is 0 Å². The fourth-order valence-corrected chi connectivity index (χ4v) is 2.47. The van der Waals surface area contributed by atoms with Crippen molar-refractivity contribution in [2.24, 2.45) is 0 Å². The number of fused-ring (bicyclic) bond motifs is 1. The zero-order chi connectivity index (χ0) is 14.1. The molecule has 0 unspecified atom stereocenters. The van der Waals surface area contributed by atoms with Gasteiger partial charge in [-0.05, 0) is 24.3 Å². The minimum Gasteiger partial charge on any atom is -0.477 e. The molecule has 1 aliphatic heterocycles. The highest BCUT2D eigenvalue weighted by Crippen LogP contribution is 2.17. The summed E-state index contributed by atoms with van der Waals surface area (Å²) >= 11 is 0. The lowest BCUT2D eigenvalue weighted by Gasteiger charge is -2.29. The molecule has 1 aliphatic rings. The lowest BCUT2D eigenvalue weighted by molar-refractivity contribution is 0.0695. The van der Waals surface area contributed by atoms with Crippen molar-refractivity contribution < 1.29 is 9.90 Å². The van der Waals surface area contributed by atoms with Gasteiger partial charge in [0.1, 0.15) is 5.56 Å². The molecule has 6 heteroatoms. The van der Waals surface area contributed by atoms with Gasteiger partial charge in [-0.25, -0.2) is 4.79 Å². The molecule has 0 saturated carbocycles. The van der Waals surface area contributed by atoms with E-state index in [0.717, 1.165) is 31.9 Å². The van der Waals surface area contributed by atoms with Gasteiger partial charge in [0.15, 0.2) is 0 Å². The van der Waals surface area contributed by atoms with Crippen LogP contribution in [0.3, 0.4) is 0 Å². The quantitative estimate of drug-likeness (QED) is 0.829. The lowest BCUT2D eigenvalue weighted by atomic mass is 10.2. The second kappa shape index (κ2) is 4.97. The maximum atomic E-state index is 12.0. The van der Waals surface area contributed by atoms with Gasteiger partial charge < -0.3 is 15.3 Å². The van der Waals surface area contributed by atoms with Crippen molar-refractivity contribution in [3.05, 3.63) is 46.4 Å². The van der Waals surface area contributed by atoms with Gasteiger partial charge in [0.2, 0.25) is 0 Å². The summed E-state index contributed by atoms with van der Waals surface area (Å²) in [5.74, 6) is -1.20. The fraction of sp³-hybridized carbons (Fsp3) is 0.286. The Kier molecular flexibility index (Phi) is 3.15. The highest BCUT2D eigenvalue weighted by Gasteiger charge is 2.13. The Labute approximate surface area is 115 Å². The predicted octanol–water partition coefficient (Wildman–Crippen LogP) is 0.407. The third-order valence-electron chi connectivity index (χ3n) is 3.55.